The third-order valence-electron chi connectivity index (χ3n) is 13.8. The van der Waals surface area contributed by atoms with Crippen LogP contribution in [0.25, 0.3) is 0 Å². The van der Waals surface area contributed by atoms with Crippen molar-refractivity contribution in [2.45, 2.75) is 147 Å². The average molecular weight is 1120 g/mol. The molecule has 81 heavy (non-hydrogen) atoms. The topological polar surface area (TPSA) is 362 Å². The third-order valence-corrected chi connectivity index (χ3v) is 13.8. The van der Waals surface area contributed by atoms with Crippen molar-refractivity contribution in [3.8, 4) is 5.75 Å². The summed E-state index contributed by atoms with van der Waals surface area (Å²) < 4.78 is 9.51. The standard InChI is InChI=1S/C53H69N13O10.C4H10O/c54-53(55)58-28-10-15-40-50(73)62-41(51(74)63-42(29-33-18-21-35(68)22-19-33)52(75)64-43(31-76-32-67)44(69)24-25-47(72)61-40)14-6-8-27-57-45(70)16-9-17-46(71)60-34-20-23-39(59-30-34)49-37-12-4-2-1-3-11-36(37)48(65-66-49)38-13-5-7-26-56-38;1-3-4-5-2/h5,7,13,18-23,26,30,32,36-37,40-43,68H,1-4,6,8-12,14-17,24-25,27-29,31H2,(H,57,70)(H,60,71)(H,61,72)(H,62,73)(H,63,74)(H,64,75)(H4,54,55,58);3-4H2,1-2H3/t36-,37-,40-,41-,42+,43-;/m1./s1. The van der Waals surface area contributed by atoms with Crippen molar-refractivity contribution in [3.63, 3.8) is 0 Å². The number of ether oxygens (including phenoxy) is 2. The molecule has 2 fully saturated rings. The molecule has 11 N–H and O–H groups in total. The van der Waals surface area contributed by atoms with Gasteiger partial charge in [-0.05, 0) is 99.7 Å². The minimum atomic E-state index is -1.37. The number of carbonyl (C=O) groups is 8. The van der Waals surface area contributed by atoms with Crippen molar-refractivity contribution in [1.29, 1.82) is 0 Å². The van der Waals surface area contributed by atoms with Crippen molar-refractivity contribution in [1.82, 2.24) is 36.6 Å². The number of hydrogen-bond acceptors (Lipinski definition) is 16. The summed E-state index contributed by atoms with van der Waals surface area (Å²) >= 11 is 0. The number of Topliss-reactive ketones (excluding diaryl/α,β-unsaturated/α-hetero) is 1. The van der Waals surface area contributed by atoms with Gasteiger partial charge in [0.25, 0.3) is 6.47 Å². The fourth-order valence-corrected chi connectivity index (χ4v) is 9.60. The quantitative estimate of drug-likeness (QED) is 0.0285. The summed E-state index contributed by atoms with van der Waals surface area (Å²) in [5.41, 5.74) is 15.3. The van der Waals surface area contributed by atoms with Gasteiger partial charge in [-0.3, -0.25) is 53.3 Å². The van der Waals surface area contributed by atoms with E-state index < -0.39 is 60.2 Å². The zero-order valence-electron chi connectivity index (χ0n) is 46.4. The number of benzene rings is 1. The number of aromatic nitrogens is 2. The Morgan fingerprint density at radius 1 is 0.741 bits per heavy atom. The van der Waals surface area contributed by atoms with E-state index in [4.69, 9.17) is 20.9 Å². The van der Waals surface area contributed by atoms with Gasteiger partial charge in [0.15, 0.2) is 11.7 Å². The first-order chi connectivity index (χ1) is 39.2. The molecule has 438 valence electrons. The first-order valence-electron chi connectivity index (χ1n) is 27.9. The van der Waals surface area contributed by atoms with E-state index >= 15 is 0 Å². The van der Waals surface area contributed by atoms with Crippen LogP contribution in [-0.2, 0) is 54.3 Å². The van der Waals surface area contributed by atoms with E-state index in [1.54, 1.807) is 37.7 Å². The zero-order valence-corrected chi connectivity index (χ0v) is 46.4. The molecule has 1 aliphatic carbocycles. The number of rotatable bonds is 23. The number of unbranched alkanes of at least 4 members (excludes halogenated alkanes) is 1. The third kappa shape index (κ3) is 22.1. The number of guanidine groups is 1. The van der Waals surface area contributed by atoms with E-state index in [2.05, 4.69) is 64.0 Å². The maximum atomic E-state index is 14.1. The molecule has 3 aromatic rings. The highest BCUT2D eigenvalue weighted by atomic mass is 16.5. The minimum Gasteiger partial charge on any atom is -0.508 e. The lowest BCUT2D eigenvalue weighted by Crippen LogP contribution is -2.58. The molecule has 0 bridgehead atoms. The molecule has 6 atom stereocenters. The Morgan fingerprint density at radius 3 is 2.00 bits per heavy atom. The molecule has 24 heteroatoms. The van der Waals surface area contributed by atoms with Crippen LogP contribution in [-0.4, -0.2) is 138 Å². The van der Waals surface area contributed by atoms with Crippen molar-refractivity contribution < 1.29 is 52.9 Å². The van der Waals surface area contributed by atoms with E-state index in [1.807, 2.05) is 24.3 Å². The van der Waals surface area contributed by atoms with Crippen molar-refractivity contribution in [2.24, 2.45) is 38.5 Å². The van der Waals surface area contributed by atoms with Gasteiger partial charge in [-0.1, -0.05) is 50.8 Å². The average Bonchev–Trinajstić information content (AvgIpc) is 3.47. The Hall–Kier alpha value is -8.15. The monoisotopic (exact) mass is 1120 g/mol. The van der Waals surface area contributed by atoms with Crippen LogP contribution in [0.1, 0.15) is 133 Å². The molecule has 0 spiro atoms. The molecule has 6 amide bonds. The van der Waals surface area contributed by atoms with Gasteiger partial charge in [-0.15, -0.1) is 0 Å². The van der Waals surface area contributed by atoms with E-state index in [0.717, 1.165) is 55.8 Å². The molecule has 4 heterocycles. The number of fused-ring (bicyclic) bond motifs is 1. The van der Waals surface area contributed by atoms with E-state index in [0.29, 0.717) is 29.8 Å². The molecule has 2 aliphatic heterocycles. The van der Waals surface area contributed by atoms with E-state index in [1.165, 1.54) is 25.0 Å². The van der Waals surface area contributed by atoms with Gasteiger partial charge in [0.1, 0.15) is 36.5 Å². The first-order valence-corrected chi connectivity index (χ1v) is 27.9. The Bertz CT molecular complexity index is 2630. The SMILES string of the molecule is CCCOC.NC(N)=NCCC[C@H]1NC(=O)CCC(=O)[C@@H](COC=O)NC(=O)[C@H](Cc2ccc(O)cc2)NC(=O)[C@@H](CCCCNC(=O)CCCC(=O)Nc2ccc(C3=NN=C(c4ccccn4)[C@@H]4CCCCCC[C@@H]34)nc2)NC1=O. The van der Waals surface area contributed by atoms with Gasteiger partial charge in [-0.2, -0.15) is 10.2 Å². The van der Waals surface area contributed by atoms with Crippen molar-refractivity contribution in [2.75, 3.05) is 38.7 Å². The number of methoxy groups -OCH3 is 1. The van der Waals surface area contributed by atoms with Gasteiger partial charge in [0.2, 0.25) is 35.4 Å². The number of hydrogen-bond donors (Lipinski definition) is 9. The number of ketones is 1. The molecule has 2 aromatic heterocycles. The molecule has 0 radical (unpaired) electrons. The number of nitrogens with one attached hydrogen (secondary N) is 6. The fraction of sp³-hybridized carbons (Fsp3) is 0.526. The number of nitrogens with zero attached hydrogens (tertiary/aromatic N) is 5. The second-order valence-corrected chi connectivity index (χ2v) is 20.1. The molecule has 1 saturated carbocycles. The molecule has 1 aromatic carbocycles. The lowest BCUT2D eigenvalue weighted by molar-refractivity contribution is -0.136. The van der Waals surface area contributed by atoms with Crippen LogP contribution in [0.15, 0.2) is 82.2 Å². The number of aromatic hydroxyl groups is 1. The van der Waals surface area contributed by atoms with Gasteiger partial charge in [0.05, 0.1) is 34.7 Å². The molecular weight excluding hydrogens is 1040 g/mol. The number of phenolic OH excluding ortho intramolecular Hbond substituents is 1. The van der Waals surface area contributed by atoms with Crippen molar-refractivity contribution >= 4 is 70.8 Å². The first kappa shape index (κ1) is 63.7. The lowest BCUT2D eigenvalue weighted by atomic mass is 9.74. The number of anilines is 1. The summed E-state index contributed by atoms with van der Waals surface area (Å²) in [7, 11) is 1.71. The molecular formula is C57H79N13O11. The number of aliphatic imine (C=N–C) groups is 1. The Kier molecular flexibility index (Phi) is 27.3. The molecule has 24 nitrogen and oxygen atoms in total. The van der Waals surface area contributed by atoms with Crippen LogP contribution in [0.2, 0.25) is 0 Å². The van der Waals surface area contributed by atoms with E-state index in [-0.39, 0.29) is 113 Å². The Morgan fingerprint density at radius 2 is 1.38 bits per heavy atom. The lowest BCUT2D eigenvalue weighted by Gasteiger charge is -2.33. The number of carbonyl (C=O) groups excluding carboxylic acids is 8. The molecule has 6 rings (SSSR count). The normalized spacial score (nSPS) is 20.8. The summed E-state index contributed by atoms with van der Waals surface area (Å²) in [5.74, 6) is -4.04. The van der Waals surface area contributed by atoms with Crippen LogP contribution in [0.5, 0.6) is 5.75 Å². The van der Waals surface area contributed by atoms with Gasteiger partial charge < -0.3 is 57.9 Å². The van der Waals surface area contributed by atoms with Crippen LogP contribution < -0.4 is 43.4 Å². The maximum Gasteiger partial charge on any atom is 0.293 e. The predicted molar refractivity (Wildman–Crippen MR) is 303 cm³/mol. The highest BCUT2D eigenvalue weighted by Gasteiger charge is 2.37. The second kappa shape index (κ2) is 34.8. The zero-order chi connectivity index (χ0) is 58.4. The molecule has 3 aliphatic rings. The summed E-state index contributed by atoms with van der Waals surface area (Å²) in [4.78, 5) is 118. The maximum absolute atomic E-state index is 14.1. The largest absolute Gasteiger partial charge is 0.508 e. The van der Waals surface area contributed by atoms with Gasteiger partial charge in [0, 0.05) is 76.9 Å². The summed E-state index contributed by atoms with van der Waals surface area (Å²) in [6.07, 6.45) is 11.6. The smallest absolute Gasteiger partial charge is 0.293 e. The van der Waals surface area contributed by atoms with Crippen LogP contribution >= 0.6 is 0 Å². The highest BCUT2D eigenvalue weighted by molar-refractivity contribution is 6.10. The number of nitrogens with two attached hydrogens (primary N) is 2. The number of amides is 6. The Balaban J connectivity index is 0.00000230. The van der Waals surface area contributed by atoms with Crippen molar-refractivity contribution in [3.05, 3.63) is 83.9 Å². The van der Waals surface area contributed by atoms with E-state index in [9.17, 15) is 43.5 Å². The fourth-order valence-electron chi connectivity index (χ4n) is 9.60. The molecule has 0 unspecified atom stereocenters. The van der Waals surface area contributed by atoms with Gasteiger partial charge in [-0.25, -0.2) is 0 Å². The number of pyridine rings is 2. The summed E-state index contributed by atoms with van der Waals surface area (Å²) in [5, 5.41) is 35.5. The van der Waals surface area contributed by atoms with Crippen LogP contribution in [0.3, 0.4) is 0 Å². The Labute approximate surface area is 472 Å². The summed E-state index contributed by atoms with van der Waals surface area (Å²) in [6.45, 7) is 2.87. The van der Waals surface area contributed by atoms with Crippen LogP contribution in [0.4, 0.5) is 5.69 Å². The predicted octanol–water partition coefficient (Wildman–Crippen LogP) is 3.19. The summed E-state index contributed by atoms with van der Waals surface area (Å²) in [6, 6.07) is 10.2. The minimum absolute atomic E-state index is 0.0362. The number of phenols is 1. The van der Waals surface area contributed by atoms with Gasteiger partial charge >= 0.3 is 0 Å². The highest BCUT2D eigenvalue weighted by Crippen LogP contribution is 2.36. The molecule has 1 saturated heterocycles. The van der Waals surface area contributed by atoms with Crippen LogP contribution in [0, 0.1) is 11.8 Å². The second-order valence-electron chi connectivity index (χ2n) is 20.1.